The summed E-state index contributed by atoms with van der Waals surface area (Å²) in [6.07, 6.45) is 0.593. The Hall–Kier alpha value is -1.14. The van der Waals surface area contributed by atoms with Crippen molar-refractivity contribution in [3.8, 4) is 0 Å². The fourth-order valence-electron chi connectivity index (χ4n) is 2.28. The van der Waals surface area contributed by atoms with Crippen molar-refractivity contribution in [1.82, 2.24) is 15.5 Å². The molecule has 1 aliphatic rings. The monoisotopic (exact) mass is 285 g/mol. The molecule has 1 fully saturated rings. The smallest absolute Gasteiger partial charge is 0.328 e. The van der Waals surface area contributed by atoms with Crippen LogP contribution >= 0.6 is 0 Å². The van der Waals surface area contributed by atoms with Gasteiger partial charge in [0.15, 0.2) is 0 Å². The topological polar surface area (TPSA) is 70.7 Å². The number of nitrogens with one attached hydrogen (secondary N) is 2. The number of rotatable bonds is 8. The molecule has 1 unspecified atom stereocenters. The van der Waals surface area contributed by atoms with Crippen LogP contribution in [0.4, 0.5) is 0 Å². The SMILES string of the molecule is CCN(CC(=O)NC(CC(C)C)C(=O)OC)C1CNC1. The predicted molar refractivity (Wildman–Crippen MR) is 77.3 cm³/mol. The summed E-state index contributed by atoms with van der Waals surface area (Å²) in [6.45, 7) is 9.07. The third-order valence-corrected chi connectivity index (χ3v) is 3.56. The number of carbonyl (C=O) groups is 2. The third kappa shape index (κ3) is 5.09. The Morgan fingerprint density at radius 1 is 1.40 bits per heavy atom. The van der Waals surface area contributed by atoms with E-state index in [4.69, 9.17) is 4.74 Å². The van der Waals surface area contributed by atoms with Crippen LogP contribution in [0.2, 0.25) is 0 Å². The molecular weight excluding hydrogens is 258 g/mol. The van der Waals surface area contributed by atoms with Crippen molar-refractivity contribution in [3.63, 3.8) is 0 Å². The minimum Gasteiger partial charge on any atom is -0.467 e. The molecule has 0 saturated carbocycles. The van der Waals surface area contributed by atoms with Gasteiger partial charge in [0.05, 0.1) is 13.7 Å². The standard InChI is InChI=1S/C14H27N3O3/c1-5-17(11-7-15-8-11)9-13(18)16-12(6-10(2)3)14(19)20-4/h10-12,15H,5-9H2,1-4H3,(H,16,18). The Labute approximate surface area is 121 Å². The first-order chi connectivity index (χ1) is 9.47. The van der Waals surface area contributed by atoms with Crippen LogP contribution in [0, 0.1) is 5.92 Å². The molecule has 20 heavy (non-hydrogen) atoms. The van der Waals surface area contributed by atoms with Crippen LogP contribution in [0.3, 0.4) is 0 Å². The van der Waals surface area contributed by atoms with Crippen molar-refractivity contribution in [3.05, 3.63) is 0 Å². The van der Waals surface area contributed by atoms with E-state index in [1.54, 1.807) is 0 Å². The van der Waals surface area contributed by atoms with Crippen molar-refractivity contribution in [1.29, 1.82) is 0 Å². The lowest BCUT2D eigenvalue weighted by Gasteiger charge is -2.37. The second kappa shape index (κ2) is 8.21. The van der Waals surface area contributed by atoms with Crippen molar-refractivity contribution in [2.45, 2.75) is 39.3 Å². The molecule has 1 aliphatic heterocycles. The van der Waals surface area contributed by atoms with Gasteiger partial charge in [0.1, 0.15) is 6.04 Å². The van der Waals surface area contributed by atoms with Gasteiger partial charge in [-0.1, -0.05) is 20.8 Å². The second-order valence-electron chi connectivity index (χ2n) is 5.65. The van der Waals surface area contributed by atoms with Crippen LogP contribution < -0.4 is 10.6 Å². The molecule has 1 saturated heterocycles. The van der Waals surface area contributed by atoms with Gasteiger partial charge in [0.25, 0.3) is 0 Å². The fourth-order valence-corrected chi connectivity index (χ4v) is 2.28. The molecule has 0 spiro atoms. The quantitative estimate of drug-likeness (QED) is 0.614. The first-order valence-corrected chi connectivity index (χ1v) is 7.29. The summed E-state index contributed by atoms with van der Waals surface area (Å²) in [5.41, 5.74) is 0. The summed E-state index contributed by atoms with van der Waals surface area (Å²) >= 11 is 0. The van der Waals surface area contributed by atoms with Crippen molar-refractivity contribution in [2.24, 2.45) is 5.92 Å². The van der Waals surface area contributed by atoms with Crippen LogP contribution in [-0.2, 0) is 14.3 Å². The lowest BCUT2D eigenvalue weighted by molar-refractivity contribution is -0.145. The Bertz CT molecular complexity index is 330. The van der Waals surface area contributed by atoms with E-state index in [0.29, 0.717) is 24.9 Å². The van der Waals surface area contributed by atoms with E-state index in [2.05, 4.69) is 15.5 Å². The number of hydrogen-bond donors (Lipinski definition) is 2. The normalized spacial score (nSPS) is 16.9. The van der Waals surface area contributed by atoms with Crippen LogP contribution in [0.15, 0.2) is 0 Å². The number of hydrogen-bond acceptors (Lipinski definition) is 5. The molecule has 0 aromatic rings. The second-order valence-corrected chi connectivity index (χ2v) is 5.65. The summed E-state index contributed by atoms with van der Waals surface area (Å²) in [6, 6.07) is -0.127. The van der Waals surface area contributed by atoms with Crippen LogP contribution in [-0.4, -0.2) is 62.1 Å². The highest BCUT2D eigenvalue weighted by Gasteiger charge is 2.27. The maximum absolute atomic E-state index is 12.1. The van der Waals surface area contributed by atoms with Gasteiger partial charge in [-0.3, -0.25) is 9.69 Å². The summed E-state index contributed by atoms with van der Waals surface area (Å²) in [7, 11) is 1.35. The number of nitrogens with zero attached hydrogens (tertiary/aromatic N) is 1. The zero-order valence-electron chi connectivity index (χ0n) is 12.9. The molecule has 116 valence electrons. The minimum absolute atomic E-state index is 0.116. The maximum Gasteiger partial charge on any atom is 0.328 e. The van der Waals surface area contributed by atoms with Crippen molar-refractivity contribution in [2.75, 3.05) is 33.3 Å². The molecule has 1 atom stereocenters. The zero-order valence-corrected chi connectivity index (χ0v) is 12.9. The fraction of sp³-hybridized carbons (Fsp3) is 0.857. The minimum atomic E-state index is -0.550. The van der Waals surface area contributed by atoms with Gasteiger partial charge in [-0.25, -0.2) is 4.79 Å². The van der Waals surface area contributed by atoms with E-state index in [9.17, 15) is 9.59 Å². The van der Waals surface area contributed by atoms with E-state index in [1.807, 2.05) is 20.8 Å². The van der Waals surface area contributed by atoms with Crippen LogP contribution in [0.1, 0.15) is 27.2 Å². The summed E-state index contributed by atoms with van der Waals surface area (Å²) in [5.74, 6) is -0.173. The van der Waals surface area contributed by atoms with E-state index < -0.39 is 6.04 Å². The van der Waals surface area contributed by atoms with Gasteiger partial charge >= 0.3 is 5.97 Å². The molecule has 1 heterocycles. The summed E-state index contributed by atoms with van der Waals surface area (Å²) in [5, 5.41) is 5.99. The van der Waals surface area contributed by atoms with Crippen LogP contribution in [0.5, 0.6) is 0 Å². The Morgan fingerprint density at radius 3 is 2.45 bits per heavy atom. The number of esters is 1. The van der Waals surface area contributed by atoms with Gasteiger partial charge in [0, 0.05) is 19.1 Å². The molecule has 0 radical (unpaired) electrons. The largest absolute Gasteiger partial charge is 0.467 e. The number of ether oxygens (including phenoxy) is 1. The van der Waals surface area contributed by atoms with E-state index >= 15 is 0 Å². The van der Waals surface area contributed by atoms with E-state index in [-0.39, 0.29) is 11.9 Å². The molecule has 0 aromatic heterocycles. The molecule has 1 rings (SSSR count). The van der Waals surface area contributed by atoms with E-state index in [1.165, 1.54) is 7.11 Å². The van der Waals surface area contributed by atoms with Crippen molar-refractivity contribution >= 4 is 11.9 Å². The van der Waals surface area contributed by atoms with Gasteiger partial charge < -0.3 is 15.4 Å². The van der Waals surface area contributed by atoms with Crippen LogP contribution in [0.25, 0.3) is 0 Å². The highest BCUT2D eigenvalue weighted by molar-refractivity contribution is 5.85. The van der Waals surface area contributed by atoms with Gasteiger partial charge in [0.2, 0.25) is 5.91 Å². The lowest BCUT2D eigenvalue weighted by Crippen LogP contribution is -2.59. The summed E-state index contributed by atoms with van der Waals surface area (Å²) < 4.78 is 4.75. The van der Waals surface area contributed by atoms with Gasteiger partial charge in [-0.2, -0.15) is 0 Å². The zero-order chi connectivity index (χ0) is 15.1. The first-order valence-electron chi connectivity index (χ1n) is 7.29. The van der Waals surface area contributed by atoms with Crippen molar-refractivity contribution < 1.29 is 14.3 Å². The molecule has 6 nitrogen and oxygen atoms in total. The van der Waals surface area contributed by atoms with Gasteiger partial charge in [-0.15, -0.1) is 0 Å². The highest BCUT2D eigenvalue weighted by atomic mass is 16.5. The molecule has 0 aromatic carbocycles. The maximum atomic E-state index is 12.1. The first kappa shape index (κ1) is 16.9. The third-order valence-electron chi connectivity index (χ3n) is 3.56. The predicted octanol–water partition coefficient (Wildman–Crippen LogP) is -0.0160. The number of carbonyl (C=O) groups excluding carboxylic acids is 2. The average Bonchev–Trinajstić information content (AvgIpc) is 2.33. The van der Waals surface area contributed by atoms with E-state index in [0.717, 1.165) is 19.6 Å². The molecular formula is C14H27N3O3. The van der Waals surface area contributed by atoms with Gasteiger partial charge in [-0.05, 0) is 18.9 Å². The Morgan fingerprint density at radius 2 is 2.05 bits per heavy atom. The lowest BCUT2D eigenvalue weighted by atomic mass is 10.0. The highest BCUT2D eigenvalue weighted by Crippen LogP contribution is 2.07. The average molecular weight is 285 g/mol. The number of methoxy groups -OCH3 is 1. The molecule has 1 amide bonds. The Kier molecular flexibility index (Phi) is 6.95. The molecule has 2 N–H and O–H groups in total. The Balaban J connectivity index is 2.49. The molecule has 6 heteroatoms. The number of likely N-dealkylation sites (N-methyl/N-ethyl adjacent to an activating group) is 1. The molecule has 0 bridgehead atoms. The summed E-state index contributed by atoms with van der Waals surface area (Å²) in [4.78, 5) is 25.9. The molecule has 0 aliphatic carbocycles. The number of amides is 1.